The van der Waals surface area contributed by atoms with Crippen molar-refractivity contribution in [2.45, 2.75) is 13.8 Å². The van der Waals surface area contributed by atoms with E-state index in [4.69, 9.17) is 17.0 Å². The smallest absolute Gasteiger partial charge is 0.263 e. The molecule has 0 saturated carbocycles. The molecule has 1 saturated heterocycles. The van der Waals surface area contributed by atoms with E-state index >= 15 is 0 Å². The van der Waals surface area contributed by atoms with E-state index in [1.807, 2.05) is 32.0 Å². The average Bonchev–Trinajstić information content (AvgIpc) is 2.67. The molecule has 1 aliphatic rings. The number of nitrogens with one attached hydrogen (secondary N) is 3. The van der Waals surface area contributed by atoms with Gasteiger partial charge in [-0.25, -0.2) is 0 Å². The summed E-state index contributed by atoms with van der Waals surface area (Å²) in [6.45, 7) is 3.67. The first kappa shape index (κ1) is 20.2. The third-order valence-electron chi connectivity index (χ3n) is 4.40. The number of carbonyl (C=O) groups excluding carboxylic acids is 3. The molecule has 8 heteroatoms. The van der Waals surface area contributed by atoms with Crippen molar-refractivity contribution >= 4 is 46.8 Å². The first-order valence-electron chi connectivity index (χ1n) is 8.81. The number of rotatable bonds is 5. The summed E-state index contributed by atoms with van der Waals surface area (Å²) in [5, 5.41) is 7.53. The van der Waals surface area contributed by atoms with Gasteiger partial charge in [0.1, 0.15) is 11.3 Å². The van der Waals surface area contributed by atoms with Crippen molar-refractivity contribution in [1.82, 2.24) is 10.6 Å². The quantitative estimate of drug-likeness (QED) is 0.400. The number of para-hydroxylation sites is 1. The summed E-state index contributed by atoms with van der Waals surface area (Å²) < 4.78 is 5.63. The van der Waals surface area contributed by atoms with E-state index in [2.05, 4.69) is 16.0 Å². The highest BCUT2D eigenvalue weighted by molar-refractivity contribution is 7.80. The van der Waals surface area contributed by atoms with E-state index in [9.17, 15) is 14.4 Å². The second kappa shape index (κ2) is 8.66. The minimum absolute atomic E-state index is 0.0372. The molecular formula is C21H19N3O4S. The highest BCUT2D eigenvalue weighted by Crippen LogP contribution is 2.22. The molecule has 2 aromatic carbocycles. The molecule has 2 aromatic rings. The molecule has 0 spiro atoms. The van der Waals surface area contributed by atoms with Crippen LogP contribution in [0, 0.1) is 13.8 Å². The van der Waals surface area contributed by atoms with Crippen LogP contribution in [0.25, 0.3) is 6.08 Å². The number of benzene rings is 2. The van der Waals surface area contributed by atoms with E-state index in [0.29, 0.717) is 11.3 Å². The van der Waals surface area contributed by atoms with Crippen LogP contribution in [-0.2, 0) is 14.4 Å². The third-order valence-corrected chi connectivity index (χ3v) is 4.60. The summed E-state index contributed by atoms with van der Waals surface area (Å²) in [7, 11) is 0. The molecule has 1 aliphatic heterocycles. The normalized spacial score (nSPS) is 13.4. The minimum Gasteiger partial charge on any atom is -0.483 e. The Morgan fingerprint density at radius 3 is 2.48 bits per heavy atom. The third kappa shape index (κ3) is 4.85. The van der Waals surface area contributed by atoms with Crippen LogP contribution < -0.4 is 20.7 Å². The Morgan fingerprint density at radius 1 is 1.07 bits per heavy atom. The zero-order valence-corrected chi connectivity index (χ0v) is 16.7. The fourth-order valence-corrected chi connectivity index (χ4v) is 2.89. The number of hydrogen-bond acceptors (Lipinski definition) is 5. The monoisotopic (exact) mass is 409 g/mol. The lowest BCUT2D eigenvalue weighted by Gasteiger charge is -2.17. The molecular weight excluding hydrogens is 390 g/mol. The Morgan fingerprint density at radius 2 is 1.76 bits per heavy atom. The number of anilines is 1. The Labute approximate surface area is 173 Å². The zero-order valence-electron chi connectivity index (χ0n) is 15.9. The molecule has 0 aromatic heterocycles. The van der Waals surface area contributed by atoms with Gasteiger partial charge < -0.3 is 10.1 Å². The van der Waals surface area contributed by atoms with Gasteiger partial charge in [-0.15, -0.1) is 0 Å². The average molecular weight is 409 g/mol. The van der Waals surface area contributed by atoms with Crippen molar-refractivity contribution in [3.05, 3.63) is 64.7 Å². The molecule has 0 atom stereocenters. The molecule has 7 nitrogen and oxygen atoms in total. The van der Waals surface area contributed by atoms with E-state index in [-0.39, 0.29) is 23.2 Å². The van der Waals surface area contributed by atoms with E-state index in [0.717, 1.165) is 16.8 Å². The first-order chi connectivity index (χ1) is 13.8. The SMILES string of the molecule is Cc1cccc(NC(=O)COc2ccccc2C=C2C(=O)NC(=S)NC2=O)c1C. The van der Waals surface area contributed by atoms with Gasteiger partial charge in [-0.05, 0) is 55.4 Å². The Bertz CT molecular complexity index is 1020. The zero-order chi connectivity index (χ0) is 21.0. The van der Waals surface area contributed by atoms with Crippen LogP contribution in [0.4, 0.5) is 5.69 Å². The van der Waals surface area contributed by atoms with Gasteiger partial charge in [0.05, 0.1) is 0 Å². The van der Waals surface area contributed by atoms with E-state index in [1.165, 1.54) is 6.08 Å². The van der Waals surface area contributed by atoms with Crippen LogP contribution in [0.5, 0.6) is 5.75 Å². The number of ether oxygens (including phenoxy) is 1. The molecule has 0 bridgehead atoms. The summed E-state index contributed by atoms with van der Waals surface area (Å²) in [5.41, 5.74) is 3.16. The number of aryl methyl sites for hydroxylation is 1. The number of carbonyl (C=O) groups is 3. The first-order valence-corrected chi connectivity index (χ1v) is 9.22. The van der Waals surface area contributed by atoms with Crippen LogP contribution in [0.1, 0.15) is 16.7 Å². The molecule has 1 fully saturated rings. The predicted octanol–water partition coefficient (Wildman–Crippen LogP) is 2.24. The van der Waals surface area contributed by atoms with Crippen LogP contribution in [0.15, 0.2) is 48.0 Å². The minimum atomic E-state index is -0.596. The molecule has 0 aliphatic carbocycles. The summed E-state index contributed by atoms with van der Waals surface area (Å²) in [6, 6.07) is 12.5. The van der Waals surface area contributed by atoms with Gasteiger partial charge in [0.15, 0.2) is 11.7 Å². The maximum absolute atomic E-state index is 12.3. The van der Waals surface area contributed by atoms with Crippen molar-refractivity contribution in [3.8, 4) is 5.75 Å². The fourth-order valence-electron chi connectivity index (χ4n) is 2.71. The van der Waals surface area contributed by atoms with E-state index < -0.39 is 11.8 Å². The lowest BCUT2D eigenvalue weighted by atomic mass is 10.1. The predicted molar refractivity (Wildman–Crippen MR) is 113 cm³/mol. The molecule has 3 rings (SSSR count). The van der Waals surface area contributed by atoms with Gasteiger partial charge >= 0.3 is 0 Å². The van der Waals surface area contributed by atoms with Crippen LogP contribution in [-0.4, -0.2) is 29.4 Å². The highest BCUT2D eigenvalue weighted by Gasteiger charge is 2.26. The largest absolute Gasteiger partial charge is 0.483 e. The van der Waals surface area contributed by atoms with Gasteiger partial charge in [-0.1, -0.05) is 30.3 Å². The maximum Gasteiger partial charge on any atom is 0.263 e. The van der Waals surface area contributed by atoms with Crippen molar-refractivity contribution < 1.29 is 19.1 Å². The molecule has 0 unspecified atom stereocenters. The Balaban J connectivity index is 1.73. The van der Waals surface area contributed by atoms with Crippen LogP contribution in [0.3, 0.4) is 0 Å². The van der Waals surface area contributed by atoms with Crippen molar-refractivity contribution in [2.24, 2.45) is 0 Å². The Kier molecular flexibility index (Phi) is 6.04. The van der Waals surface area contributed by atoms with Crippen molar-refractivity contribution in [2.75, 3.05) is 11.9 Å². The lowest BCUT2D eigenvalue weighted by Crippen LogP contribution is -2.51. The van der Waals surface area contributed by atoms with E-state index in [1.54, 1.807) is 24.3 Å². The maximum atomic E-state index is 12.3. The summed E-state index contributed by atoms with van der Waals surface area (Å²) in [4.78, 5) is 36.4. The van der Waals surface area contributed by atoms with Gasteiger partial charge in [-0.2, -0.15) is 0 Å². The van der Waals surface area contributed by atoms with Crippen molar-refractivity contribution in [3.63, 3.8) is 0 Å². The molecule has 3 amide bonds. The molecule has 29 heavy (non-hydrogen) atoms. The second-order valence-electron chi connectivity index (χ2n) is 6.42. The highest BCUT2D eigenvalue weighted by atomic mass is 32.1. The topological polar surface area (TPSA) is 96.5 Å². The summed E-state index contributed by atoms with van der Waals surface area (Å²) >= 11 is 4.78. The standard InChI is InChI=1S/C21H19N3O4S/c1-12-6-5-8-16(13(12)2)22-18(25)11-28-17-9-4-3-7-14(17)10-15-19(26)23-21(29)24-20(15)27/h3-10H,11H2,1-2H3,(H,22,25)(H2,23,24,26,27,29). The van der Waals surface area contributed by atoms with Gasteiger partial charge in [0, 0.05) is 11.3 Å². The Hall–Kier alpha value is -3.52. The fraction of sp³-hybridized carbons (Fsp3) is 0.143. The number of amides is 3. The number of hydrogen-bond donors (Lipinski definition) is 3. The second-order valence-corrected chi connectivity index (χ2v) is 6.83. The molecule has 1 heterocycles. The van der Waals surface area contributed by atoms with Crippen LogP contribution in [0.2, 0.25) is 0 Å². The molecule has 3 N–H and O–H groups in total. The van der Waals surface area contributed by atoms with Crippen molar-refractivity contribution in [1.29, 1.82) is 0 Å². The van der Waals surface area contributed by atoms with Gasteiger partial charge in [0.2, 0.25) is 0 Å². The molecule has 0 radical (unpaired) electrons. The van der Waals surface area contributed by atoms with Gasteiger partial charge in [-0.3, -0.25) is 25.0 Å². The van der Waals surface area contributed by atoms with Crippen LogP contribution >= 0.6 is 12.2 Å². The summed E-state index contributed by atoms with van der Waals surface area (Å²) in [5.74, 6) is -1.15. The molecule has 148 valence electrons. The summed E-state index contributed by atoms with van der Waals surface area (Å²) in [6.07, 6.45) is 1.39. The lowest BCUT2D eigenvalue weighted by molar-refractivity contribution is -0.123. The number of thiocarbonyl (C=S) groups is 1. The van der Waals surface area contributed by atoms with Gasteiger partial charge in [0.25, 0.3) is 17.7 Å².